The van der Waals surface area contributed by atoms with Crippen LogP contribution in [0.5, 0.6) is 0 Å². The van der Waals surface area contributed by atoms with Crippen molar-refractivity contribution in [3.8, 4) is 0 Å². The minimum absolute atomic E-state index is 0.201. The van der Waals surface area contributed by atoms with Gasteiger partial charge in [-0.15, -0.1) is 0 Å². The number of hydrogen-bond acceptors (Lipinski definition) is 3. The fourth-order valence-corrected chi connectivity index (χ4v) is 1.96. The smallest absolute Gasteiger partial charge is 0.262 e. The van der Waals surface area contributed by atoms with Crippen LogP contribution in [0.2, 0.25) is 0 Å². The first-order chi connectivity index (χ1) is 7.99. The molecule has 0 bridgehead atoms. The molecular formula is C10H10F4O3S. The standard InChI is InChI=1S/C10H10F4O3S/c1-6(17-18(2,15)16)7-3-8(10(12,13)14)5-9(11)4-7/h3-6H,1-2H3. The Kier molecular flexibility index (Phi) is 4.02. The van der Waals surface area contributed by atoms with Crippen LogP contribution >= 0.6 is 0 Å². The minimum atomic E-state index is -4.71. The number of hydrogen-bond donors (Lipinski definition) is 0. The predicted octanol–water partition coefficient (Wildman–Crippen LogP) is 2.88. The molecule has 1 atom stereocenters. The summed E-state index contributed by atoms with van der Waals surface area (Å²) in [7, 11) is -3.84. The van der Waals surface area contributed by atoms with Crippen molar-refractivity contribution < 1.29 is 30.2 Å². The van der Waals surface area contributed by atoms with Gasteiger partial charge in [0.05, 0.1) is 17.9 Å². The van der Waals surface area contributed by atoms with Crippen LogP contribution in [0.1, 0.15) is 24.2 Å². The van der Waals surface area contributed by atoms with Gasteiger partial charge in [-0.05, 0) is 30.7 Å². The molecule has 8 heteroatoms. The van der Waals surface area contributed by atoms with Crippen molar-refractivity contribution in [2.24, 2.45) is 0 Å². The van der Waals surface area contributed by atoms with Crippen LogP contribution in [0.3, 0.4) is 0 Å². The molecule has 0 aromatic heterocycles. The maximum Gasteiger partial charge on any atom is 0.416 e. The van der Waals surface area contributed by atoms with E-state index in [2.05, 4.69) is 4.18 Å². The summed E-state index contributed by atoms with van der Waals surface area (Å²) in [6, 6.07) is 1.78. The quantitative estimate of drug-likeness (QED) is 0.634. The lowest BCUT2D eigenvalue weighted by Crippen LogP contribution is -2.11. The lowest BCUT2D eigenvalue weighted by Gasteiger charge is -2.14. The first-order valence-corrected chi connectivity index (χ1v) is 6.56. The topological polar surface area (TPSA) is 43.4 Å². The zero-order valence-corrected chi connectivity index (χ0v) is 10.3. The Labute approximate surface area is 102 Å². The molecular weight excluding hydrogens is 276 g/mol. The second-order valence-electron chi connectivity index (χ2n) is 3.71. The molecule has 0 saturated carbocycles. The van der Waals surface area contributed by atoms with Crippen molar-refractivity contribution in [1.29, 1.82) is 0 Å². The van der Waals surface area contributed by atoms with E-state index in [0.29, 0.717) is 12.1 Å². The Morgan fingerprint density at radius 3 is 2.22 bits per heavy atom. The van der Waals surface area contributed by atoms with Crippen LogP contribution in [0.15, 0.2) is 18.2 Å². The van der Waals surface area contributed by atoms with Crippen LogP contribution in [0.4, 0.5) is 17.6 Å². The molecule has 0 amide bonds. The molecule has 0 aliphatic heterocycles. The first-order valence-electron chi connectivity index (χ1n) is 4.75. The van der Waals surface area contributed by atoms with E-state index in [-0.39, 0.29) is 5.56 Å². The number of benzene rings is 1. The molecule has 0 saturated heterocycles. The molecule has 0 N–H and O–H groups in total. The lowest BCUT2D eigenvalue weighted by molar-refractivity contribution is -0.137. The van der Waals surface area contributed by atoms with Gasteiger partial charge in [-0.3, -0.25) is 4.18 Å². The highest BCUT2D eigenvalue weighted by Gasteiger charge is 2.32. The van der Waals surface area contributed by atoms with E-state index >= 15 is 0 Å². The third kappa shape index (κ3) is 4.26. The molecule has 3 nitrogen and oxygen atoms in total. The Balaban J connectivity index is 3.14. The van der Waals surface area contributed by atoms with Crippen molar-refractivity contribution in [1.82, 2.24) is 0 Å². The van der Waals surface area contributed by atoms with E-state index in [9.17, 15) is 26.0 Å². The van der Waals surface area contributed by atoms with E-state index in [1.807, 2.05) is 0 Å². The average molecular weight is 286 g/mol. The third-order valence-electron chi connectivity index (χ3n) is 2.04. The van der Waals surface area contributed by atoms with E-state index < -0.39 is 33.8 Å². The zero-order valence-electron chi connectivity index (χ0n) is 9.45. The van der Waals surface area contributed by atoms with Crippen LogP contribution in [0.25, 0.3) is 0 Å². The van der Waals surface area contributed by atoms with Gasteiger partial charge in [-0.2, -0.15) is 21.6 Å². The van der Waals surface area contributed by atoms with Gasteiger partial charge in [-0.1, -0.05) is 0 Å². The Bertz CT molecular complexity index is 537. The second kappa shape index (κ2) is 4.85. The van der Waals surface area contributed by atoms with Crippen molar-refractivity contribution in [3.05, 3.63) is 35.1 Å². The van der Waals surface area contributed by atoms with E-state index in [1.54, 1.807) is 0 Å². The van der Waals surface area contributed by atoms with E-state index in [0.717, 1.165) is 12.3 Å². The van der Waals surface area contributed by atoms with Gasteiger partial charge < -0.3 is 0 Å². The van der Waals surface area contributed by atoms with Gasteiger partial charge in [-0.25, -0.2) is 4.39 Å². The molecule has 0 spiro atoms. The van der Waals surface area contributed by atoms with Gasteiger partial charge in [0.2, 0.25) is 0 Å². The first kappa shape index (κ1) is 14.9. The summed E-state index contributed by atoms with van der Waals surface area (Å²) >= 11 is 0. The maximum absolute atomic E-state index is 13.0. The van der Waals surface area contributed by atoms with Crippen molar-refractivity contribution in [3.63, 3.8) is 0 Å². The molecule has 18 heavy (non-hydrogen) atoms. The fraction of sp³-hybridized carbons (Fsp3) is 0.400. The third-order valence-corrected chi connectivity index (χ3v) is 2.67. The highest BCUT2D eigenvalue weighted by atomic mass is 32.2. The Morgan fingerprint density at radius 2 is 1.78 bits per heavy atom. The fourth-order valence-electron chi connectivity index (χ4n) is 1.33. The van der Waals surface area contributed by atoms with Gasteiger partial charge in [0.15, 0.2) is 0 Å². The molecule has 1 rings (SSSR count). The molecule has 0 aliphatic rings. The molecule has 0 radical (unpaired) electrons. The molecule has 0 fully saturated rings. The monoisotopic (exact) mass is 286 g/mol. The van der Waals surface area contributed by atoms with Crippen molar-refractivity contribution >= 4 is 10.1 Å². The summed E-state index contributed by atoms with van der Waals surface area (Å²) in [5, 5.41) is 0. The zero-order chi connectivity index (χ0) is 14.1. The number of alkyl halides is 3. The van der Waals surface area contributed by atoms with E-state index in [1.165, 1.54) is 6.92 Å². The molecule has 1 aromatic rings. The van der Waals surface area contributed by atoms with Crippen molar-refractivity contribution in [2.45, 2.75) is 19.2 Å². The summed E-state index contributed by atoms with van der Waals surface area (Å²) < 4.78 is 76.5. The molecule has 1 unspecified atom stereocenters. The largest absolute Gasteiger partial charge is 0.416 e. The molecule has 0 aliphatic carbocycles. The van der Waals surface area contributed by atoms with Gasteiger partial charge in [0.1, 0.15) is 5.82 Å². The Hall–Kier alpha value is -1.15. The minimum Gasteiger partial charge on any atom is -0.262 e. The molecule has 0 heterocycles. The average Bonchev–Trinajstić information content (AvgIpc) is 2.12. The van der Waals surface area contributed by atoms with Crippen LogP contribution < -0.4 is 0 Å². The number of halogens is 4. The summed E-state index contributed by atoms with van der Waals surface area (Å²) in [5.74, 6) is -1.11. The van der Waals surface area contributed by atoms with Gasteiger partial charge in [0, 0.05) is 0 Å². The Morgan fingerprint density at radius 1 is 1.22 bits per heavy atom. The van der Waals surface area contributed by atoms with Crippen LogP contribution in [-0.4, -0.2) is 14.7 Å². The van der Waals surface area contributed by atoms with Crippen molar-refractivity contribution in [2.75, 3.05) is 6.26 Å². The van der Waals surface area contributed by atoms with E-state index in [4.69, 9.17) is 0 Å². The highest BCUT2D eigenvalue weighted by molar-refractivity contribution is 7.86. The highest BCUT2D eigenvalue weighted by Crippen LogP contribution is 2.32. The molecule has 102 valence electrons. The summed E-state index contributed by atoms with van der Waals surface area (Å²) in [4.78, 5) is 0. The van der Waals surface area contributed by atoms with Gasteiger partial charge >= 0.3 is 6.18 Å². The SMILES string of the molecule is CC(OS(C)(=O)=O)c1cc(F)cc(C(F)(F)F)c1. The molecule has 1 aromatic carbocycles. The van der Waals surface area contributed by atoms with Gasteiger partial charge in [0.25, 0.3) is 10.1 Å². The normalized spacial score (nSPS) is 14.6. The lowest BCUT2D eigenvalue weighted by atomic mass is 10.1. The summed E-state index contributed by atoms with van der Waals surface area (Å²) in [5.41, 5.74) is -1.39. The summed E-state index contributed by atoms with van der Waals surface area (Å²) in [6.45, 7) is 1.22. The van der Waals surface area contributed by atoms with Crippen LogP contribution in [0, 0.1) is 5.82 Å². The second-order valence-corrected chi connectivity index (χ2v) is 5.31. The maximum atomic E-state index is 13.0. The van der Waals surface area contributed by atoms with Crippen LogP contribution in [-0.2, 0) is 20.5 Å². The predicted molar refractivity (Wildman–Crippen MR) is 55.7 cm³/mol. The summed E-state index contributed by atoms with van der Waals surface area (Å²) in [6.07, 6.45) is -5.15. The number of rotatable bonds is 3.